The van der Waals surface area contributed by atoms with Gasteiger partial charge in [-0.05, 0) is 12.5 Å². The topological polar surface area (TPSA) is 36.4 Å². The normalized spacial score (nSPS) is 22.1. The average molecular weight is 363 g/mol. The van der Waals surface area contributed by atoms with Crippen LogP contribution in [0.25, 0.3) is 0 Å². The molecule has 0 aliphatic carbocycles. The summed E-state index contributed by atoms with van der Waals surface area (Å²) in [6.07, 6.45) is -3.43. The van der Waals surface area contributed by atoms with Gasteiger partial charge in [-0.15, -0.1) is 0 Å². The predicted octanol–water partition coefficient (Wildman–Crippen LogP) is 2.64. The van der Waals surface area contributed by atoms with Crippen molar-refractivity contribution in [3.8, 4) is 0 Å². The van der Waals surface area contributed by atoms with Crippen LogP contribution in [0.5, 0.6) is 0 Å². The van der Waals surface area contributed by atoms with Gasteiger partial charge in [0.2, 0.25) is 5.91 Å². The van der Waals surface area contributed by atoms with Gasteiger partial charge in [-0.3, -0.25) is 4.79 Å². The molecule has 3 heterocycles. The van der Waals surface area contributed by atoms with E-state index in [1.54, 1.807) is 16.7 Å². The first-order chi connectivity index (χ1) is 11.4. The number of carbonyl (C=O) groups is 1. The molecular weight excluding hydrogens is 346 g/mol. The number of alkyl halides is 3. The maximum Gasteiger partial charge on any atom is 0.417 e. The van der Waals surface area contributed by atoms with Crippen molar-refractivity contribution >= 4 is 23.5 Å². The number of anilines is 1. The van der Waals surface area contributed by atoms with E-state index in [9.17, 15) is 22.4 Å². The quantitative estimate of drug-likeness (QED) is 0.757. The zero-order chi connectivity index (χ0) is 17.3. The van der Waals surface area contributed by atoms with E-state index in [1.165, 1.54) is 0 Å². The average Bonchev–Trinajstić information content (AvgIpc) is 3.03. The van der Waals surface area contributed by atoms with Crippen molar-refractivity contribution in [1.82, 2.24) is 9.88 Å². The zero-order valence-corrected chi connectivity index (χ0v) is 13.7. The van der Waals surface area contributed by atoms with Crippen molar-refractivity contribution in [3.63, 3.8) is 0 Å². The number of rotatable bonds is 2. The van der Waals surface area contributed by atoms with Crippen LogP contribution >= 0.6 is 11.8 Å². The number of pyridine rings is 1. The van der Waals surface area contributed by atoms with Crippen molar-refractivity contribution < 1.29 is 22.4 Å². The van der Waals surface area contributed by atoms with Crippen molar-refractivity contribution in [2.75, 3.05) is 42.6 Å². The molecule has 24 heavy (non-hydrogen) atoms. The maximum atomic E-state index is 14.0. The van der Waals surface area contributed by atoms with Crippen LogP contribution in [0, 0.1) is 11.7 Å². The highest BCUT2D eigenvalue weighted by molar-refractivity contribution is 7.99. The lowest BCUT2D eigenvalue weighted by molar-refractivity contribution is -0.138. The lowest BCUT2D eigenvalue weighted by Gasteiger charge is -2.29. The second-order valence-electron chi connectivity index (χ2n) is 5.90. The summed E-state index contributed by atoms with van der Waals surface area (Å²) in [4.78, 5) is 19.5. The summed E-state index contributed by atoms with van der Waals surface area (Å²) in [5.41, 5.74) is -1.11. The third kappa shape index (κ3) is 3.60. The largest absolute Gasteiger partial charge is 0.417 e. The molecule has 3 rings (SSSR count). The third-order valence-electron chi connectivity index (χ3n) is 4.31. The summed E-state index contributed by atoms with van der Waals surface area (Å²) in [5.74, 6) is 0.496. The molecule has 1 aromatic heterocycles. The summed E-state index contributed by atoms with van der Waals surface area (Å²) >= 11 is 1.81. The third-order valence-corrected chi connectivity index (χ3v) is 5.25. The van der Waals surface area contributed by atoms with Gasteiger partial charge in [-0.1, -0.05) is 0 Å². The van der Waals surface area contributed by atoms with Gasteiger partial charge in [0.15, 0.2) is 11.6 Å². The minimum absolute atomic E-state index is 0.0464. The van der Waals surface area contributed by atoms with Gasteiger partial charge in [0.05, 0.1) is 11.5 Å². The number of nitrogens with zero attached hydrogens (tertiary/aromatic N) is 3. The molecule has 2 fully saturated rings. The van der Waals surface area contributed by atoms with E-state index in [1.807, 2.05) is 4.90 Å². The summed E-state index contributed by atoms with van der Waals surface area (Å²) in [6, 6.07) is 0.458. The Hall–Kier alpha value is -1.51. The van der Waals surface area contributed by atoms with Gasteiger partial charge in [0.25, 0.3) is 0 Å². The van der Waals surface area contributed by atoms with E-state index in [0.717, 1.165) is 11.5 Å². The van der Waals surface area contributed by atoms with Gasteiger partial charge in [-0.2, -0.15) is 24.9 Å². The number of thioether (sulfide) groups is 1. The number of hydrogen-bond donors (Lipinski definition) is 0. The summed E-state index contributed by atoms with van der Waals surface area (Å²) < 4.78 is 51.7. The minimum atomic E-state index is -4.62. The SMILES string of the molecule is O=C(C1CCN(c2ncc(C(F)(F)F)cc2F)C1)N1CCSCC1. The van der Waals surface area contributed by atoms with E-state index < -0.39 is 17.6 Å². The highest BCUT2D eigenvalue weighted by Gasteiger charge is 2.35. The fraction of sp³-hybridized carbons (Fsp3) is 0.600. The number of carbonyl (C=O) groups excluding carboxylic acids is 1. The first-order valence-electron chi connectivity index (χ1n) is 7.70. The highest BCUT2D eigenvalue weighted by Crippen LogP contribution is 2.32. The molecule has 2 aliphatic heterocycles. The maximum absolute atomic E-state index is 14.0. The number of halogens is 4. The lowest BCUT2D eigenvalue weighted by atomic mass is 10.1. The molecule has 0 saturated carbocycles. The van der Waals surface area contributed by atoms with Crippen LogP contribution in [0.15, 0.2) is 12.3 Å². The van der Waals surface area contributed by atoms with Crippen LogP contribution in [-0.4, -0.2) is 53.5 Å². The molecule has 1 unspecified atom stereocenters. The fourth-order valence-electron chi connectivity index (χ4n) is 3.01. The van der Waals surface area contributed by atoms with E-state index in [4.69, 9.17) is 0 Å². The van der Waals surface area contributed by atoms with Crippen molar-refractivity contribution in [2.24, 2.45) is 5.92 Å². The van der Waals surface area contributed by atoms with E-state index in [-0.39, 0.29) is 24.2 Å². The van der Waals surface area contributed by atoms with Gasteiger partial charge < -0.3 is 9.80 Å². The van der Waals surface area contributed by atoms with Gasteiger partial charge in [0, 0.05) is 43.9 Å². The molecular formula is C15H17F4N3OS. The molecule has 0 bridgehead atoms. The molecule has 2 aliphatic rings. The molecule has 1 aromatic rings. The Morgan fingerprint density at radius 3 is 2.58 bits per heavy atom. The van der Waals surface area contributed by atoms with E-state index in [0.29, 0.717) is 38.3 Å². The molecule has 1 atom stereocenters. The molecule has 0 spiro atoms. The molecule has 0 radical (unpaired) electrons. The Bertz CT molecular complexity index is 619. The van der Waals surface area contributed by atoms with Gasteiger partial charge in [-0.25, -0.2) is 9.37 Å². The first-order valence-corrected chi connectivity index (χ1v) is 8.86. The van der Waals surface area contributed by atoms with Crippen LogP contribution in [-0.2, 0) is 11.0 Å². The molecule has 4 nitrogen and oxygen atoms in total. The Morgan fingerprint density at radius 1 is 1.25 bits per heavy atom. The Morgan fingerprint density at radius 2 is 1.96 bits per heavy atom. The molecule has 2 saturated heterocycles. The van der Waals surface area contributed by atoms with Crippen molar-refractivity contribution in [2.45, 2.75) is 12.6 Å². The smallest absolute Gasteiger partial charge is 0.353 e. The van der Waals surface area contributed by atoms with Crippen LogP contribution in [0.1, 0.15) is 12.0 Å². The van der Waals surface area contributed by atoms with Crippen molar-refractivity contribution in [3.05, 3.63) is 23.6 Å². The highest BCUT2D eigenvalue weighted by atomic mass is 32.2. The van der Waals surface area contributed by atoms with Crippen LogP contribution in [0.4, 0.5) is 23.4 Å². The summed E-state index contributed by atoms with van der Waals surface area (Å²) in [7, 11) is 0. The second-order valence-corrected chi connectivity index (χ2v) is 7.12. The van der Waals surface area contributed by atoms with Crippen LogP contribution < -0.4 is 4.90 Å². The van der Waals surface area contributed by atoms with E-state index in [2.05, 4.69) is 4.98 Å². The molecule has 1 amide bonds. The minimum Gasteiger partial charge on any atom is -0.353 e. The molecule has 9 heteroatoms. The lowest BCUT2D eigenvalue weighted by Crippen LogP contribution is -2.42. The first kappa shape index (κ1) is 17.3. The zero-order valence-electron chi connectivity index (χ0n) is 12.9. The van der Waals surface area contributed by atoms with Crippen LogP contribution in [0.2, 0.25) is 0 Å². The Labute approximate surface area is 141 Å². The van der Waals surface area contributed by atoms with Gasteiger partial charge in [0.1, 0.15) is 0 Å². The summed E-state index contributed by atoms with van der Waals surface area (Å²) in [5, 5.41) is 0. The summed E-state index contributed by atoms with van der Waals surface area (Å²) in [6.45, 7) is 2.13. The standard InChI is InChI=1S/C15H17F4N3OS/c16-12-7-11(15(17,18)19)8-20-13(12)22-2-1-10(9-22)14(23)21-3-5-24-6-4-21/h7-8,10H,1-6,9H2. The molecule has 132 valence electrons. The number of hydrogen-bond acceptors (Lipinski definition) is 4. The Balaban J connectivity index is 1.68. The monoisotopic (exact) mass is 363 g/mol. The molecule has 0 aromatic carbocycles. The van der Waals surface area contributed by atoms with Crippen LogP contribution in [0.3, 0.4) is 0 Å². The molecule has 0 N–H and O–H groups in total. The van der Waals surface area contributed by atoms with E-state index >= 15 is 0 Å². The van der Waals surface area contributed by atoms with Crippen molar-refractivity contribution in [1.29, 1.82) is 0 Å². The number of aromatic nitrogens is 1. The van der Waals surface area contributed by atoms with Gasteiger partial charge >= 0.3 is 6.18 Å². The predicted molar refractivity (Wildman–Crippen MR) is 83.4 cm³/mol. The number of amides is 1. The second kappa shape index (κ2) is 6.78. The fourth-order valence-corrected chi connectivity index (χ4v) is 3.92. The Kier molecular flexibility index (Phi) is 4.89.